The van der Waals surface area contributed by atoms with Gasteiger partial charge in [0.1, 0.15) is 11.5 Å². The van der Waals surface area contributed by atoms with Crippen molar-refractivity contribution in [2.45, 2.75) is 31.0 Å². The summed E-state index contributed by atoms with van der Waals surface area (Å²) in [7, 11) is 0. The summed E-state index contributed by atoms with van der Waals surface area (Å²) in [5.74, 6) is 1.68. The van der Waals surface area contributed by atoms with Gasteiger partial charge >= 0.3 is 0 Å². The van der Waals surface area contributed by atoms with Gasteiger partial charge in [0.15, 0.2) is 0 Å². The summed E-state index contributed by atoms with van der Waals surface area (Å²) in [4.78, 5) is 1.23. The molecule has 1 atom stereocenters. The van der Waals surface area contributed by atoms with E-state index in [2.05, 4.69) is 25.3 Å². The lowest BCUT2D eigenvalue weighted by Gasteiger charge is -2.20. The van der Waals surface area contributed by atoms with Gasteiger partial charge in [0.25, 0.3) is 0 Å². The molecule has 0 radical (unpaired) electrons. The van der Waals surface area contributed by atoms with Crippen LogP contribution in [-0.4, -0.2) is 12.5 Å². The maximum absolute atomic E-state index is 5.93. The molecule has 1 unspecified atom stereocenters. The molecule has 0 aliphatic carbocycles. The van der Waals surface area contributed by atoms with E-state index in [1.54, 1.807) is 11.8 Å². The van der Waals surface area contributed by atoms with Gasteiger partial charge in [0, 0.05) is 11.3 Å². The van der Waals surface area contributed by atoms with Crippen LogP contribution in [0.3, 0.4) is 0 Å². The Kier molecular flexibility index (Phi) is 5.81. The Morgan fingerprint density at radius 2 is 1.50 bits per heavy atom. The molecule has 0 spiro atoms. The Morgan fingerprint density at radius 3 is 2.05 bits per heavy atom. The van der Waals surface area contributed by atoms with Crippen molar-refractivity contribution in [3.05, 3.63) is 54.6 Å². The molecule has 2 nitrogen and oxygen atoms in total. The maximum atomic E-state index is 5.93. The van der Waals surface area contributed by atoms with Crippen molar-refractivity contribution >= 4 is 11.8 Å². The van der Waals surface area contributed by atoms with E-state index in [0.717, 1.165) is 24.3 Å². The Hall–Kier alpha value is -1.61. The molecule has 0 aliphatic rings. The van der Waals surface area contributed by atoms with Crippen LogP contribution in [0.25, 0.3) is 0 Å². The number of rotatable bonds is 7. The van der Waals surface area contributed by atoms with Gasteiger partial charge in [-0.05, 0) is 49.1 Å². The van der Waals surface area contributed by atoms with Crippen molar-refractivity contribution in [3.63, 3.8) is 0 Å². The van der Waals surface area contributed by atoms with E-state index < -0.39 is 0 Å². The molecule has 0 aliphatic heterocycles. The van der Waals surface area contributed by atoms with Gasteiger partial charge < -0.3 is 9.47 Å². The topological polar surface area (TPSA) is 18.5 Å². The summed E-state index contributed by atoms with van der Waals surface area (Å²) in [6.45, 7) is 2.13. The quantitative estimate of drug-likeness (QED) is 0.528. The summed E-state index contributed by atoms with van der Waals surface area (Å²) in [6, 6.07) is 17.9. The zero-order valence-corrected chi connectivity index (χ0v) is 12.7. The summed E-state index contributed by atoms with van der Waals surface area (Å²) in [5, 5.41) is 0. The smallest absolute Gasteiger partial charge is 0.241 e. The number of hydrogen-bond donors (Lipinski definition) is 0. The van der Waals surface area contributed by atoms with Crippen molar-refractivity contribution in [2.75, 3.05) is 6.26 Å². The number of ether oxygens (including phenoxy) is 2. The van der Waals surface area contributed by atoms with E-state index in [1.165, 1.54) is 4.90 Å². The van der Waals surface area contributed by atoms with E-state index in [0.29, 0.717) is 0 Å². The van der Waals surface area contributed by atoms with Gasteiger partial charge in [0.05, 0.1) is 0 Å². The Balaban J connectivity index is 2.00. The highest BCUT2D eigenvalue weighted by Gasteiger charge is 2.11. The summed E-state index contributed by atoms with van der Waals surface area (Å²) < 4.78 is 11.8. The van der Waals surface area contributed by atoms with Crippen LogP contribution in [0.2, 0.25) is 0 Å². The zero-order chi connectivity index (χ0) is 14.2. The first-order valence-corrected chi connectivity index (χ1v) is 8.06. The molecule has 2 aromatic rings. The van der Waals surface area contributed by atoms with Gasteiger partial charge in [-0.15, -0.1) is 11.8 Å². The molecule has 0 amide bonds. The fourth-order valence-corrected chi connectivity index (χ4v) is 2.24. The SMILES string of the molecule is CCCC(Oc1ccccc1)Oc1ccc(SC)cc1. The first-order valence-electron chi connectivity index (χ1n) is 6.84. The minimum Gasteiger partial charge on any atom is -0.455 e. The fourth-order valence-electron chi connectivity index (χ4n) is 1.83. The van der Waals surface area contributed by atoms with Crippen LogP contribution in [-0.2, 0) is 0 Å². The highest BCUT2D eigenvalue weighted by Crippen LogP contribution is 2.22. The van der Waals surface area contributed by atoms with Crippen LogP contribution in [0.5, 0.6) is 11.5 Å². The number of benzene rings is 2. The minimum atomic E-state index is -0.248. The van der Waals surface area contributed by atoms with E-state index in [1.807, 2.05) is 42.5 Å². The molecule has 0 saturated carbocycles. The molecule has 0 saturated heterocycles. The van der Waals surface area contributed by atoms with Gasteiger partial charge in [-0.3, -0.25) is 0 Å². The molecule has 20 heavy (non-hydrogen) atoms. The first kappa shape index (κ1) is 14.8. The average Bonchev–Trinajstić information content (AvgIpc) is 2.49. The second-order valence-electron chi connectivity index (χ2n) is 4.44. The second kappa shape index (κ2) is 7.85. The van der Waals surface area contributed by atoms with Crippen LogP contribution in [0.15, 0.2) is 59.5 Å². The van der Waals surface area contributed by atoms with E-state index in [-0.39, 0.29) is 6.29 Å². The predicted molar refractivity (Wildman–Crippen MR) is 84.6 cm³/mol. The third-order valence-corrected chi connectivity index (χ3v) is 3.61. The van der Waals surface area contributed by atoms with Crippen molar-refractivity contribution in [1.29, 1.82) is 0 Å². The highest BCUT2D eigenvalue weighted by atomic mass is 32.2. The molecular weight excluding hydrogens is 268 g/mol. The van der Waals surface area contributed by atoms with Crippen LogP contribution in [0, 0.1) is 0 Å². The number of thioether (sulfide) groups is 1. The lowest BCUT2D eigenvalue weighted by Crippen LogP contribution is -2.23. The van der Waals surface area contributed by atoms with Gasteiger partial charge in [-0.25, -0.2) is 0 Å². The third-order valence-electron chi connectivity index (χ3n) is 2.86. The van der Waals surface area contributed by atoms with Gasteiger partial charge in [-0.2, -0.15) is 0 Å². The average molecular weight is 288 g/mol. The second-order valence-corrected chi connectivity index (χ2v) is 5.32. The normalized spacial score (nSPS) is 11.9. The maximum Gasteiger partial charge on any atom is 0.241 e. The molecule has 2 rings (SSSR count). The zero-order valence-electron chi connectivity index (χ0n) is 11.9. The van der Waals surface area contributed by atoms with Crippen LogP contribution in [0.4, 0.5) is 0 Å². The number of para-hydroxylation sites is 1. The molecular formula is C17H20O2S. The molecule has 3 heteroatoms. The van der Waals surface area contributed by atoms with Crippen molar-refractivity contribution in [3.8, 4) is 11.5 Å². The van der Waals surface area contributed by atoms with E-state index in [4.69, 9.17) is 9.47 Å². The van der Waals surface area contributed by atoms with E-state index in [9.17, 15) is 0 Å². The molecule has 0 N–H and O–H groups in total. The molecule has 0 aromatic heterocycles. The lowest BCUT2D eigenvalue weighted by molar-refractivity contribution is -0.00107. The van der Waals surface area contributed by atoms with E-state index >= 15 is 0 Å². The van der Waals surface area contributed by atoms with Crippen molar-refractivity contribution in [2.24, 2.45) is 0 Å². The monoisotopic (exact) mass is 288 g/mol. The third kappa shape index (κ3) is 4.49. The summed E-state index contributed by atoms with van der Waals surface area (Å²) in [5.41, 5.74) is 0. The molecule has 0 heterocycles. The van der Waals surface area contributed by atoms with Gasteiger partial charge in [0.2, 0.25) is 6.29 Å². The minimum absolute atomic E-state index is 0.248. The fraction of sp³-hybridized carbons (Fsp3) is 0.294. The molecule has 0 bridgehead atoms. The summed E-state index contributed by atoms with van der Waals surface area (Å²) >= 11 is 1.72. The molecule has 0 fully saturated rings. The summed E-state index contributed by atoms with van der Waals surface area (Å²) in [6.07, 6.45) is 3.69. The van der Waals surface area contributed by atoms with Crippen LogP contribution >= 0.6 is 11.8 Å². The van der Waals surface area contributed by atoms with Crippen LogP contribution in [0.1, 0.15) is 19.8 Å². The standard InChI is InChI=1S/C17H20O2S/c1-3-7-17(18-14-8-5-4-6-9-14)19-15-10-12-16(20-2)13-11-15/h4-6,8-13,17H,3,7H2,1-2H3. The predicted octanol–water partition coefficient (Wildman–Crippen LogP) is 4.99. The number of hydrogen-bond acceptors (Lipinski definition) is 3. The molecule has 106 valence electrons. The Morgan fingerprint density at radius 1 is 0.900 bits per heavy atom. The van der Waals surface area contributed by atoms with Crippen LogP contribution < -0.4 is 9.47 Å². The largest absolute Gasteiger partial charge is 0.455 e. The Bertz CT molecular complexity index is 496. The highest BCUT2D eigenvalue weighted by molar-refractivity contribution is 7.98. The van der Waals surface area contributed by atoms with Crippen molar-refractivity contribution < 1.29 is 9.47 Å². The van der Waals surface area contributed by atoms with Gasteiger partial charge in [-0.1, -0.05) is 25.1 Å². The Labute approximate surface area is 125 Å². The molecule has 2 aromatic carbocycles. The van der Waals surface area contributed by atoms with Crippen molar-refractivity contribution in [1.82, 2.24) is 0 Å². The lowest BCUT2D eigenvalue weighted by atomic mass is 10.3. The first-order chi connectivity index (χ1) is 9.81.